The average molecular weight is 403 g/mol. The van der Waals surface area contributed by atoms with E-state index in [1.54, 1.807) is 18.2 Å². The highest BCUT2D eigenvalue weighted by atomic mass is 79.9. The van der Waals surface area contributed by atoms with Crippen molar-refractivity contribution in [2.45, 2.75) is 24.2 Å². The number of hydrogen-bond acceptors (Lipinski definition) is 3. The Morgan fingerprint density at radius 3 is 2.75 bits per heavy atom. The van der Waals surface area contributed by atoms with E-state index < -0.39 is 10.0 Å². The van der Waals surface area contributed by atoms with Gasteiger partial charge in [0.15, 0.2) is 0 Å². The number of aryl methyl sites for hydroxylation is 2. The minimum atomic E-state index is -3.62. The Balaban J connectivity index is 1.69. The largest absolute Gasteiger partial charge is 0.278 e. The lowest BCUT2D eigenvalue weighted by Crippen LogP contribution is -2.13. The van der Waals surface area contributed by atoms with Crippen molar-refractivity contribution in [3.8, 4) is 0 Å². The van der Waals surface area contributed by atoms with Gasteiger partial charge in [0.25, 0.3) is 10.0 Å². The number of nitrogens with zero attached hydrogens (tertiary/aromatic N) is 1. The number of nitrogens with one attached hydrogen (secondary N) is 1. The van der Waals surface area contributed by atoms with Crippen LogP contribution in [0.25, 0.3) is 10.9 Å². The normalized spacial score (nSPS) is 13.9. The fourth-order valence-corrected chi connectivity index (χ4v) is 4.68. The minimum Gasteiger partial charge on any atom is -0.278 e. The van der Waals surface area contributed by atoms with Gasteiger partial charge in [-0.25, -0.2) is 8.42 Å². The molecule has 0 atom stereocenters. The molecule has 1 aliphatic carbocycles. The Hall–Kier alpha value is -1.92. The maximum Gasteiger partial charge on any atom is 0.261 e. The number of para-hydroxylation sites is 1. The first-order chi connectivity index (χ1) is 11.5. The SMILES string of the molecule is O=S(=O)(Nc1cnc2c(Br)cccc2c1)c1ccc2c(c1)CCC2. The van der Waals surface area contributed by atoms with Gasteiger partial charge in [-0.15, -0.1) is 0 Å². The highest BCUT2D eigenvalue weighted by molar-refractivity contribution is 9.10. The van der Waals surface area contributed by atoms with Gasteiger partial charge >= 0.3 is 0 Å². The Labute approximate surface area is 149 Å². The third-order valence-corrected chi connectivity index (χ3v) is 6.31. The molecule has 0 radical (unpaired) electrons. The molecule has 0 fully saturated rings. The molecule has 0 saturated carbocycles. The first-order valence-corrected chi connectivity index (χ1v) is 9.99. The van der Waals surface area contributed by atoms with Crippen LogP contribution in [0.3, 0.4) is 0 Å². The standard InChI is InChI=1S/C18H15BrN2O2S/c19-17-6-2-5-14-9-15(11-20-18(14)17)21-24(22,23)16-8-7-12-3-1-4-13(12)10-16/h2,5-11,21H,1,3-4H2. The molecule has 0 bridgehead atoms. The summed E-state index contributed by atoms with van der Waals surface area (Å²) >= 11 is 3.45. The van der Waals surface area contributed by atoms with Crippen molar-refractivity contribution < 1.29 is 8.42 Å². The van der Waals surface area contributed by atoms with Gasteiger partial charge in [-0.2, -0.15) is 0 Å². The Morgan fingerprint density at radius 2 is 1.88 bits per heavy atom. The van der Waals surface area contributed by atoms with Gasteiger partial charge in [-0.3, -0.25) is 9.71 Å². The zero-order valence-electron chi connectivity index (χ0n) is 12.8. The number of sulfonamides is 1. The fraction of sp³-hybridized carbons (Fsp3) is 0.167. The van der Waals surface area contributed by atoms with Gasteiger partial charge in [-0.1, -0.05) is 18.2 Å². The van der Waals surface area contributed by atoms with Crippen LogP contribution in [0.5, 0.6) is 0 Å². The molecule has 4 nitrogen and oxygen atoms in total. The molecule has 24 heavy (non-hydrogen) atoms. The molecule has 4 rings (SSSR count). The van der Waals surface area contributed by atoms with E-state index in [0.717, 1.165) is 40.2 Å². The van der Waals surface area contributed by atoms with Gasteiger partial charge in [-0.05, 0) is 70.6 Å². The van der Waals surface area contributed by atoms with Gasteiger partial charge in [0.05, 0.1) is 22.3 Å². The van der Waals surface area contributed by atoms with Crippen LogP contribution < -0.4 is 4.72 Å². The molecule has 1 heterocycles. The van der Waals surface area contributed by atoms with Gasteiger partial charge in [0.1, 0.15) is 0 Å². The number of hydrogen-bond donors (Lipinski definition) is 1. The number of halogens is 1. The first-order valence-electron chi connectivity index (χ1n) is 7.72. The van der Waals surface area contributed by atoms with E-state index in [9.17, 15) is 8.42 Å². The zero-order valence-corrected chi connectivity index (χ0v) is 15.2. The number of fused-ring (bicyclic) bond motifs is 2. The maximum absolute atomic E-state index is 12.7. The van der Waals surface area contributed by atoms with E-state index in [4.69, 9.17) is 0 Å². The molecule has 1 aliphatic rings. The molecule has 0 aliphatic heterocycles. The smallest absolute Gasteiger partial charge is 0.261 e. The molecule has 2 aromatic carbocycles. The van der Waals surface area contributed by atoms with Crippen molar-refractivity contribution in [1.82, 2.24) is 4.98 Å². The first kappa shape index (κ1) is 15.6. The quantitative estimate of drug-likeness (QED) is 0.710. The van der Waals surface area contributed by atoms with Gasteiger partial charge in [0.2, 0.25) is 0 Å². The number of benzene rings is 2. The summed E-state index contributed by atoms with van der Waals surface area (Å²) < 4.78 is 28.8. The van der Waals surface area contributed by atoms with Crippen molar-refractivity contribution in [1.29, 1.82) is 0 Å². The van der Waals surface area contributed by atoms with E-state index in [1.165, 1.54) is 11.8 Å². The predicted molar refractivity (Wildman–Crippen MR) is 98.7 cm³/mol. The van der Waals surface area contributed by atoms with E-state index in [1.807, 2.05) is 24.3 Å². The van der Waals surface area contributed by atoms with Crippen molar-refractivity contribution >= 4 is 42.5 Å². The van der Waals surface area contributed by atoms with Crippen molar-refractivity contribution in [3.05, 3.63) is 64.3 Å². The van der Waals surface area contributed by atoms with Gasteiger partial charge < -0.3 is 0 Å². The summed E-state index contributed by atoms with van der Waals surface area (Å²) in [7, 11) is -3.62. The van der Waals surface area contributed by atoms with Crippen LogP contribution in [0.1, 0.15) is 17.5 Å². The second kappa shape index (κ2) is 5.86. The van der Waals surface area contributed by atoms with Crippen LogP contribution in [0.4, 0.5) is 5.69 Å². The molecular formula is C18H15BrN2O2S. The highest BCUT2D eigenvalue weighted by Crippen LogP contribution is 2.27. The van der Waals surface area contributed by atoms with E-state index >= 15 is 0 Å². The Morgan fingerprint density at radius 1 is 1.04 bits per heavy atom. The number of pyridine rings is 1. The maximum atomic E-state index is 12.7. The third kappa shape index (κ3) is 2.80. The van der Waals surface area contributed by atoms with Crippen LogP contribution in [-0.2, 0) is 22.9 Å². The molecule has 122 valence electrons. The monoisotopic (exact) mass is 402 g/mol. The van der Waals surface area contributed by atoms with E-state index in [2.05, 4.69) is 25.6 Å². The third-order valence-electron chi connectivity index (χ3n) is 4.29. The lowest BCUT2D eigenvalue weighted by molar-refractivity contribution is 0.601. The fourth-order valence-electron chi connectivity index (χ4n) is 3.11. The highest BCUT2D eigenvalue weighted by Gasteiger charge is 2.19. The van der Waals surface area contributed by atoms with Crippen molar-refractivity contribution in [2.75, 3.05) is 4.72 Å². The lowest BCUT2D eigenvalue weighted by Gasteiger charge is -2.10. The van der Waals surface area contributed by atoms with Gasteiger partial charge in [0, 0.05) is 9.86 Å². The minimum absolute atomic E-state index is 0.303. The topological polar surface area (TPSA) is 59.1 Å². The zero-order chi connectivity index (χ0) is 16.7. The van der Waals surface area contributed by atoms with E-state index in [-0.39, 0.29) is 0 Å². The average Bonchev–Trinajstić information content (AvgIpc) is 3.02. The molecule has 1 aromatic heterocycles. The number of rotatable bonds is 3. The Kier molecular flexibility index (Phi) is 3.81. The summed E-state index contributed by atoms with van der Waals surface area (Å²) in [6.45, 7) is 0. The Bertz CT molecular complexity index is 1050. The summed E-state index contributed by atoms with van der Waals surface area (Å²) in [6, 6.07) is 12.9. The second-order valence-electron chi connectivity index (χ2n) is 5.93. The lowest BCUT2D eigenvalue weighted by atomic mass is 10.1. The van der Waals surface area contributed by atoms with Crippen LogP contribution >= 0.6 is 15.9 Å². The van der Waals surface area contributed by atoms with Crippen molar-refractivity contribution in [2.24, 2.45) is 0 Å². The van der Waals surface area contributed by atoms with E-state index in [0.29, 0.717) is 10.6 Å². The molecule has 0 amide bonds. The van der Waals surface area contributed by atoms with Crippen LogP contribution in [-0.4, -0.2) is 13.4 Å². The molecule has 0 unspecified atom stereocenters. The summed E-state index contributed by atoms with van der Waals surface area (Å²) in [5.41, 5.74) is 3.66. The number of anilines is 1. The summed E-state index contributed by atoms with van der Waals surface area (Å²) in [5.74, 6) is 0. The predicted octanol–water partition coefficient (Wildman–Crippen LogP) is 4.29. The summed E-state index contributed by atoms with van der Waals surface area (Å²) in [5, 5.41) is 0.874. The second-order valence-corrected chi connectivity index (χ2v) is 8.46. The summed E-state index contributed by atoms with van der Waals surface area (Å²) in [6.07, 6.45) is 4.62. The molecular weight excluding hydrogens is 388 g/mol. The molecule has 0 saturated heterocycles. The van der Waals surface area contributed by atoms with Crippen LogP contribution in [0.2, 0.25) is 0 Å². The summed E-state index contributed by atoms with van der Waals surface area (Å²) in [4.78, 5) is 4.65. The molecule has 1 N–H and O–H groups in total. The molecule has 3 aromatic rings. The van der Waals surface area contributed by atoms with Crippen LogP contribution in [0.15, 0.2) is 58.0 Å². The molecule has 0 spiro atoms. The van der Waals surface area contributed by atoms with Crippen LogP contribution in [0, 0.1) is 0 Å². The van der Waals surface area contributed by atoms with Crippen molar-refractivity contribution in [3.63, 3.8) is 0 Å². The number of aromatic nitrogens is 1. The molecule has 6 heteroatoms.